The molecule has 12 nitrogen and oxygen atoms in total. The van der Waals surface area contributed by atoms with E-state index < -0.39 is 12.0 Å². The zero-order chi connectivity index (χ0) is 28.9. The molecule has 2 aliphatic rings. The van der Waals surface area contributed by atoms with E-state index >= 15 is 0 Å². The number of amides is 1. The number of benzene rings is 2. The number of rotatable bonds is 8. The number of halogens is 1. The number of aromatic nitrogens is 3. The molecule has 0 bridgehead atoms. The van der Waals surface area contributed by atoms with E-state index in [-0.39, 0.29) is 24.3 Å². The number of ketones is 1. The fourth-order valence-corrected chi connectivity index (χ4v) is 5.23. The largest absolute Gasteiger partial charge is 0.391 e. The van der Waals surface area contributed by atoms with Gasteiger partial charge in [-0.2, -0.15) is 15.0 Å². The van der Waals surface area contributed by atoms with Crippen LogP contribution in [0.15, 0.2) is 48.5 Å². The molecule has 1 amide bonds. The lowest BCUT2D eigenvalue weighted by atomic mass is 10.0. The second-order valence-corrected chi connectivity index (χ2v) is 10.9. The van der Waals surface area contributed by atoms with Gasteiger partial charge in [-0.1, -0.05) is 23.7 Å². The van der Waals surface area contributed by atoms with Crippen LogP contribution < -0.4 is 31.9 Å². The molecule has 3 aromatic rings. The number of carbonyl (C=O) groups excluding carboxylic acids is 2. The molecule has 216 valence electrons. The van der Waals surface area contributed by atoms with E-state index in [1.165, 1.54) is 0 Å². The topological polar surface area (TPSA) is 176 Å². The van der Waals surface area contributed by atoms with Gasteiger partial charge in [0.25, 0.3) is 0 Å². The van der Waals surface area contributed by atoms with E-state index in [1.54, 1.807) is 48.5 Å². The van der Waals surface area contributed by atoms with Gasteiger partial charge in [-0.15, -0.1) is 0 Å². The number of anilines is 5. The monoisotopic (exact) mass is 579 g/mol. The van der Waals surface area contributed by atoms with Crippen molar-refractivity contribution in [1.29, 1.82) is 0 Å². The number of β-amino-alcohol motifs (C(OH)–C–C–N with tert-alkyl or cyclic N) is 1. The summed E-state index contributed by atoms with van der Waals surface area (Å²) in [7, 11) is 0. The van der Waals surface area contributed by atoms with Crippen molar-refractivity contribution >= 4 is 52.5 Å². The van der Waals surface area contributed by atoms with Gasteiger partial charge in [0.1, 0.15) is 0 Å². The lowest BCUT2D eigenvalue weighted by Crippen LogP contribution is -2.53. The molecule has 5 rings (SSSR count). The number of para-hydroxylation sites is 1. The molecular formula is C28H34ClN9O3. The van der Waals surface area contributed by atoms with Crippen molar-refractivity contribution in [2.75, 3.05) is 46.6 Å². The first kappa shape index (κ1) is 28.7. The maximum atomic E-state index is 12.7. The van der Waals surface area contributed by atoms with Gasteiger partial charge in [-0.3, -0.25) is 9.59 Å². The Morgan fingerprint density at radius 2 is 1.63 bits per heavy atom. The number of nitrogens with two attached hydrogens (primary N) is 2. The average molecular weight is 580 g/mol. The molecule has 0 radical (unpaired) electrons. The molecule has 3 heterocycles. The van der Waals surface area contributed by atoms with Crippen molar-refractivity contribution in [3.05, 3.63) is 59.1 Å². The number of aliphatic hydroxyl groups is 1. The Morgan fingerprint density at radius 1 is 0.951 bits per heavy atom. The summed E-state index contributed by atoms with van der Waals surface area (Å²) in [5.41, 5.74) is 13.9. The molecule has 41 heavy (non-hydrogen) atoms. The van der Waals surface area contributed by atoms with E-state index in [0.29, 0.717) is 59.4 Å². The Labute approximate surface area is 243 Å². The Morgan fingerprint density at radius 3 is 2.32 bits per heavy atom. The van der Waals surface area contributed by atoms with Crippen LogP contribution in [0, 0.1) is 0 Å². The van der Waals surface area contributed by atoms with Crippen molar-refractivity contribution in [2.24, 2.45) is 11.5 Å². The van der Waals surface area contributed by atoms with Gasteiger partial charge in [-0.25, -0.2) is 0 Å². The minimum atomic E-state index is -0.450. The van der Waals surface area contributed by atoms with E-state index in [9.17, 15) is 14.7 Å². The summed E-state index contributed by atoms with van der Waals surface area (Å²) in [6.07, 6.45) is 1.53. The van der Waals surface area contributed by atoms with Crippen molar-refractivity contribution in [2.45, 2.75) is 43.9 Å². The molecule has 0 spiro atoms. The number of nitrogens with one attached hydrogen (secondary N) is 2. The highest BCUT2D eigenvalue weighted by molar-refractivity contribution is 6.33. The Bertz CT molecular complexity index is 1380. The first-order valence-electron chi connectivity index (χ1n) is 13.6. The fraction of sp³-hybridized carbons (Fsp3) is 0.393. The van der Waals surface area contributed by atoms with E-state index in [2.05, 4.69) is 20.6 Å². The Hall–Kier alpha value is -3.84. The SMILES string of the molecule is NC1CC(N)CN(c2nc(Nc3ccc(C(=O)CC(=O)Nc4ccccc4Cl)cc3)nc(N3CCCC(O)C3)n2)C1. The Kier molecular flexibility index (Phi) is 8.93. The summed E-state index contributed by atoms with van der Waals surface area (Å²) in [6, 6.07) is 13.4. The van der Waals surface area contributed by atoms with Gasteiger partial charge in [0.2, 0.25) is 23.8 Å². The first-order valence-corrected chi connectivity index (χ1v) is 14.0. The van der Waals surface area contributed by atoms with Crippen molar-refractivity contribution in [3.8, 4) is 0 Å². The molecule has 2 saturated heterocycles. The van der Waals surface area contributed by atoms with Crippen LogP contribution in [0.1, 0.15) is 36.0 Å². The third kappa shape index (κ3) is 7.47. The third-order valence-electron chi connectivity index (χ3n) is 7.02. The molecule has 2 aromatic carbocycles. The van der Waals surface area contributed by atoms with E-state index in [4.69, 9.17) is 28.1 Å². The van der Waals surface area contributed by atoms with Crippen LogP contribution in [-0.2, 0) is 4.79 Å². The number of hydrogen-bond acceptors (Lipinski definition) is 11. The molecule has 2 aliphatic heterocycles. The maximum Gasteiger partial charge on any atom is 0.233 e. The van der Waals surface area contributed by atoms with E-state index in [0.717, 1.165) is 25.8 Å². The minimum Gasteiger partial charge on any atom is -0.391 e. The number of nitrogens with zero attached hydrogens (tertiary/aromatic N) is 5. The lowest BCUT2D eigenvalue weighted by molar-refractivity contribution is -0.115. The molecule has 1 aromatic heterocycles. The maximum absolute atomic E-state index is 12.7. The highest BCUT2D eigenvalue weighted by Gasteiger charge is 2.27. The number of Topliss-reactive ketones (excluding diaryl/α,β-unsaturated/α-hetero) is 1. The van der Waals surface area contributed by atoms with Crippen LogP contribution in [0.3, 0.4) is 0 Å². The van der Waals surface area contributed by atoms with Gasteiger partial charge in [0, 0.05) is 49.5 Å². The summed E-state index contributed by atoms with van der Waals surface area (Å²) >= 11 is 6.08. The Balaban J connectivity index is 1.30. The number of carbonyl (C=O) groups is 2. The number of piperidine rings is 2. The summed E-state index contributed by atoms with van der Waals surface area (Å²) in [6.45, 7) is 2.29. The molecule has 3 atom stereocenters. The van der Waals surface area contributed by atoms with E-state index in [1.807, 2.05) is 9.80 Å². The molecule has 13 heteroatoms. The molecular weight excluding hydrogens is 546 g/mol. The quantitative estimate of drug-likeness (QED) is 0.195. The van der Waals surface area contributed by atoms with Crippen LogP contribution >= 0.6 is 11.6 Å². The van der Waals surface area contributed by atoms with Gasteiger partial charge in [-0.05, 0) is 55.7 Å². The summed E-state index contributed by atoms with van der Waals surface area (Å²) < 4.78 is 0. The van der Waals surface area contributed by atoms with Gasteiger partial charge < -0.3 is 37.0 Å². The van der Waals surface area contributed by atoms with Crippen molar-refractivity contribution < 1.29 is 14.7 Å². The third-order valence-corrected chi connectivity index (χ3v) is 7.35. The standard InChI is InChI=1S/C28H34ClN9O3/c29-22-5-1-2-6-23(22)33-25(41)13-24(40)17-7-9-20(10-8-17)32-26-34-27(37-11-3-4-21(39)16-37)36-28(35-26)38-14-18(30)12-19(31)15-38/h1-2,5-10,18-19,21,39H,3-4,11-16,30-31H2,(H,33,41)(H,32,34,35,36). The summed E-state index contributed by atoms with van der Waals surface area (Å²) in [4.78, 5) is 43.0. The van der Waals surface area contributed by atoms with Crippen molar-refractivity contribution in [3.63, 3.8) is 0 Å². The highest BCUT2D eigenvalue weighted by atomic mass is 35.5. The molecule has 7 N–H and O–H groups in total. The first-order chi connectivity index (χ1) is 19.7. The summed E-state index contributed by atoms with van der Waals surface area (Å²) in [5.74, 6) is 0.457. The second-order valence-electron chi connectivity index (χ2n) is 10.5. The normalized spacial score (nSPS) is 20.9. The smallest absolute Gasteiger partial charge is 0.233 e. The molecule has 0 saturated carbocycles. The van der Waals surface area contributed by atoms with Crippen LogP contribution in [0.25, 0.3) is 0 Å². The molecule has 3 unspecified atom stereocenters. The lowest BCUT2D eigenvalue weighted by Gasteiger charge is -2.35. The number of hydrogen-bond donors (Lipinski definition) is 5. The van der Waals surface area contributed by atoms with Gasteiger partial charge in [0.15, 0.2) is 5.78 Å². The van der Waals surface area contributed by atoms with Gasteiger partial charge >= 0.3 is 0 Å². The predicted molar refractivity (Wildman–Crippen MR) is 159 cm³/mol. The minimum absolute atomic E-state index is 0.0935. The molecule has 0 aliphatic carbocycles. The summed E-state index contributed by atoms with van der Waals surface area (Å²) in [5, 5.41) is 16.5. The van der Waals surface area contributed by atoms with Crippen LogP contribution in [0.5, 0.6) is 0 Å². The highest BCUT2D eigenvalue weighted by Crippen LogP contribution is 2.25. The molecule has 2 fully saturated rings. The van der Waals surface area contributed by atoms with Crippen LogP contribution in [0.4, 0.5) is 29.2 Å². The predicted octanol–water partition coefficient (Wildman–Crippen LogP) is 2.31. The fourth-order valence-electron chi connectivity index (χ4n) is 5.04. The second kappa shape index (κ2) is 12.8. The zero-order valence-corrected chi connectivity index (χ0v) is 23.3. The number of aliphatic hydroxyl groups excluding tert-OH is 1. The van der Waals surface area contributed by atoms with Crippen molar-refractivity contribution in [1.82, 2.24) is 15.0 Å². The zero-order valence-electron chi connectivity index (χ0n) is 22.5. The van der Waals surface area contributed by atoms with Crippen LogP contribution in [0.2, 0.25) is 5.02 Å². The average Bonchev–Trinajstić information content (AvgIpc) is 2.94. The van der Waals surface area contributed by atoms with Crippen LogP contribution in [-0.4, -0.2) is 76.1 Å². The van der Waals surface area contributed by atoms with Gasteiger partial charge in [0.05, 0.1) is 23.2 Å².